The highest BCUT2D eigenvalue weighted by Gasteiger charge is 2.08. The molecule has 122 valence electrons. The van der Waals surface area contributed by atoms with Gasteiger partial charge in [-0.1, -0.05) is 0 Å². The van der Waals surface area contributed by atoms with Crippen LogP contribution in [0.1, 0.15) is 28.1 Å². The summed E-state index contributed by atoms with van der Waals surface area (Å²) in [5.41, 5.74) is 2.43. The van der Waals surface area contributed by atoms with Crippen LogP contribution in [0.5, 0.6) is 0 Å². The van der Waals surface area contributed by atoms with Gasteiger partial charge in [0.1, 0.15) is 5.01 Å². The fourth-order valence-corrected chi connectivity index (χ4v) is 3.47. The molecule has 4 nitrogen and oxygen atoms in total. The van der Waals surface area contributed by atoms with Gasteiger partial charge in [0.05, 0.1) is 12.2 Å². The van der Waals surface area contributed by atoms with Crippen LogP contribution in [0.3, 0.4) is 0 Å². The Morgan fingerprint density at radius 1 is 1.41 bits per heavy atom. The smallest absolute Gasteiger partial charge is 0.194 e. The summed E-state index contributed by atoms with van der Waals surface area (Å²) < 4.78 is 0. The molecule has 7 heteroatoms. The minimum atomic E-state index is 0. The van der Waals surface area contributed by atoms with Crippen LogP contribution < -0.4 is 5.32 Å². The van der Waals surface area contributed by atoms with E-state index < -0.39 is 0 Å². The third-order valence-electron chi connectivity index (χ3n) is 3.13. The highest BCUT2D eigenvalue weighted by molar-refractivity contribution is 14.0. The molecule has 0 saturated carbocycles. The van der Waals surface area contributed by atoms with Crippen molar-refractivity contribution in [2.45, 2.75) is 33.9 Å². The molecule has 0 unspecified atom stereocenters. The van der Waals surface area contributed by atoms with E-state index in [0.717, 1.165) is 29.8 Å². The largest absolute Gasteiger partial charge is 0.357 e. The number of thiophene rings is 1. The third-order valence-corrected chi connectivity index (χ3v) is 4.92. The first-order valence-corrected chi connectivity index (χ1v) is 8.79. The lowest BCUT2D eigenvalue weighted by molar-refractivity contribution is 0.477. The highest BCUT2D eigenvalue weighted by atomic mass is 127. The van der Waals surface area contributed by atoms with Gasteiger partial charge < -0.3 is 10.2 Å². The lowest BCUT2D eigenvalue weighted by Crippen LogP contribution is -2.38. The van der Waals surface area contributed by atoms with E-state index in [4.69, 9.17) is 4.99 Å². The van der Waals surface area contributed by atoms with Crippen molar-refractivity contribution < 1.29 is 0 Å². The maximum absolute atomic E-state index is 4.70. The maximum atomic E-state index is 4.70. The predicted octanol–water partition coefficient (Wildman–Crippen LogP) is 4.04. The van der Waals surface area contributed by atoms with Crippen LogP contribution in [0.15, 0.2) is 21.8 Å². The predicted molar refractivity (Wildman–Crippen MR) is 108 cm³/mol. The molecule has 0 radical (unpaired) electrons. The fourth-order valence-electron chi connectivity index (χ4n) is 1.95. The second-order valence-corrected chi connectivity index (χ2v) is 6.97. The fraction of sp³-hybridized carbons (Fsp3) is 0.467. The zero-order chi connectivity index (χ0) is 15.2. The Morgan fingerprint density at radius 3 is 2.73 bits per heavy atom. The number of rotatable bonds is 5. The first-order chi connectivity index (χ1) is 10.1. The van der Waals surface area contributed by atoms with Crippen LogP contribution in [0.4, 0.5) is 0 Å². The van der Waals surface area contributed by atoms with E-state index >= 15 is 0 Å². The number of thiazole rings is 1. The molecule has 0 fully saturated rings. The minimum Gasteiger partial charge on any atom is -0.357 e. The molecule has 0 spiro atoms. The average molecular weight is 450 g/mol. The zero-order valence-electron chi connectivity index (χ0n) is 13.4. The Balaban J connectivity index is 0.00000242. The number of aryl methyl sites for hydroxylation is 2. The molecular weight excluding hydrogens is 427 g/mol. The van der Waals surface area contributed by atoms with Crippen LogP contribution in [-0.2, 0) is 13.1 Å². The molecule has 2 rings (SSSR count). The van der Waals surface area contributed by atoms with Gasteiger partial charge in [-0.25, -0.2) is 9.98 Å². The molecule has 0 bridgehead atoms. The molecule has 0 amide bonds. The van der Waals surface area contributed by atoms with Gasteiger partial charge in [0.2, 0.25) is 0 Å². The third kappa shape index (κ3) is 5.51. The molecule has 0 aromatic carbocycles. The van der Waals surface area contributed by atoms with Crippen molar-refractivity contribution in [1.82, 2.24) is 15.2 Å². The summed E-state index contributed by atoms with van der Waals surface area (Å²) in [6.45, 7) is 8.61. The molecule has 2 heterocycles. The number of nitrogens with zero attached hydrogens (tertiary/aromatic N) is 3. The zero-order valence-corrected chi connectivity index (χ0v) is 17.4. The molecule has 0 saturated heterocycles. The second kappa shape index (κ2) is 9.46. The highest BCUT2D eigenvalue weighted by Crippen LogP contribution is 2.17. The molecule has 0 atom stereocenters. The summed E-state index contributed by atoms with van der Waals surface area (Å²) in [4.78, 5) is 12.7. The van der Waals surface area contributed by atoms with E-state index in [0.29, 0.717) is 6.54 Å². The lowest BCUT2D eigenvalue weighted by atomic mass is 10.3. The molecular formula is C15H23IN4S2. The van der Waals surface area contributed by atoms with Crippen LogP contribution >= 0.6 is 46.7 Å². The number of aliphatic imine (C=N–C) groups is 1. The van der Waals surface area contributed by atoms with Crippen molar-refractivity contribution in [3.63, 3.8) is 0 Å². The Labute approximate surface area is 157 Å². The molecule has 2 aromatic rings. The maximum Gasteiger partial charge on any atom is 0.194 e. The normalized spacial score (nSPS) is 11.2. The van der Waals surface area contributed by atoms with Gasteiger partial charge in [-0.15, -0.1) is 35.3 Å². The monoisotopic (exact) mass is 450 g/mol. The van der Waals surface area contributed by atoms with Crippen molar-refractivity contribution in [1.29, 1.82) is 0 Å². The van der Waals surface area contributed by atoms with E-state index in [9.17, 15) is 0 Å². The molecule has 0 aliphatic carbocycles. The minimum absolute atomic E-state index is 0. The molecule has 0 aliphatic rings. The first kappa shape index (κ1) is 19.4. The van der Waals surface area contributed by atoms with Crippen LogP contribution in [0, 0.1) is 13.8 Å². The van der Waals surface area contributed by atoms with E-state index in [1.54, 1.807) is 22.7 Å². The topological polar surface area (TPSA) is 40.5 Å². The van der Waals surface area contributed by atoms with Crippen molar-refractivity contribution in [2.24, 2.45) is 4.99 Å². The van der Waals surface area contributed by atoms with Gasteiger partial charge in [-0.2, -0.15) is 11.3 Å². The number of guanidine groups is 1. The summed E-state index contributed by atoms with van der Waals surface area (Å²) in [6, 6.07) is 2.15. The van der Waals surface area contributed by atoms with E-state index in [1.807, 2.05) is 6.92 Å². The second-order valence-electron chi connectivity index (χ2n) is 4.91. The Kier molecular flexibility index (Phi) is 8.34. The van der Waals surface area contributed by atoms with Crippen molar-refractivity contribution in [3.8, 4) is 0 Å². The summed E-state index contributed by atoms with van der Waals surface area (Å²) in [5.74, 6) is 0.925. The average Bonchev–Trinajstić information content (AvgIpc) is 3.05. The summed E-state index contributed by atoms with van der Waals surface area (Å²) >= 11 is 3.45. The van der Waals surface area contributed by atoms with E-state index in [-0.39, 0.29) is 24.0 Å². The van der Waals surface area contributed by atoms with Gasteiger partial charge in [-0.05, 0) is 43.2 Å². The first-order valence-electron chi connectivity index (χ1n) is 7.03. The summed E-state index contributed by atoms with van der Waals surface area (Å²) in [5, 5.41) is 8.70. The van der Waals surface area contributed by atoms with Gasteiger partial charge in [0.25, 0.3) is 0 Å². The van der Waals surface area contributed by atoms with Gasteiger partial charge >= 0.3 is 0 Å². The Bertz CT molecular complexity index is 573. The quantitative estimate of drug-likeness (QED) is 0.425. The Hall–Kier alpha value is -0.670. The molecule has 22 heavy (non-hydrogen) atoms. The number of hydrogen-bond donors (Lipinski definition) is 1. The van der Waals surface area contributed by atoms with Crippen LogP contribution in [0.2, 0.25) is 0 Å². The molecule has 0 aliphatic heterocycles. The van der Waals surface area contributed by atoms with Gasteiger partial charge in [-0.3, -0.25) is 0 Å². The van der Waals surface area contributed by atoms with Crippen molar-refractivity contribution >= 4 is 52.6 Å². The SMILES string of the molecule is CCNC(=NCc1nc(C)c(C)s1)N(C)Cc1ccsc1.I. The lowest BCUT2D eigenvalue weighted by Gasteiger charge is -2.21. The number of hydrogen-bond acceptors (Lipinski definition) is 4. The molecule has 1 N–H and O–H groups in total. The Morgan fingerprint density at radius 2 is 2.18 bits per heavy atom. The number of aromatic nitrogens is 1. The summed E-state index contributed by atoms with van der Waals surface area (Å²) in [6.07, 6.45) is 0. The van der Waals surface area contributed by atoms with Gasteiger partial charge in [0.15, 0.2) is 5.96 Å². The summed E-state index contributed by atoms with van der Waals surface area (Å²) in [7, 11) is 2.07. The van der Waals surface area contributed by atoms with Crippen LogP contribution in [0.25, 0.3) is 0 Å². The number of nitrogens with one attached hydrogen (secondary N) is 1. The molecule has 2 aromatic heterocycles. The van der Waals surface area contributed by atoms with Crippen LogP contribution in [-0.4, -0.2) is 29.4 Å². The van der Waals surface area contributed by atoms with E-state index in [2.05, 4.69) is 52.9 Å². The van der Waals surface area contributed by atoms with Crippen molar-refractivity contribution in [2.75, 3.05) is 13.6 Å². The van der Waals surface area contributed by atoms with Crippen molar-refractivity contribution in [3.05, 3.63) is 38.0 Å². The van der Waals surface area contributed by atoms with E-state index in [1.165, 1.54) is 10.4 Å². The standard InChI is InChI=1S/C15H22N4S2.HI/c1-5-16-15(19(4)9-13-6-7-20-10-13)17-8-14-18-11(2)12(3)21-14;/h6-7,10H,5,8-9H2,1-4H3,(H,16,17);1H. The number of halogens is 1. The van der Waals surface area contributed by atoms with Gasteiger partial charge in [0, 0.05) is 25.0 Å².